The lowest BCUT2D eigenvalue weighted by atomic mass is 9.74. The van der Waals surface area contributed by atoms with Gasteiger partial charge >= 0.3 is 0 Å². The smallest absolute Gasteiger partial charge is 0.231 e. The molecule has 1 fully saturated rings. The van der Waals surface area contributed by atoms with Crippen LogP contribution in [0.1, 0.15) is 77.3 Å². The first-order chi connectivity index (χ1) is 18.1. The van der Waals surface area contributed by atoms with E-state index in [1.54, 1.807) is 0 Å². The summed E-state index contributed by atoms with van der Waals surface area (Å²) in [5.74, 6) is 2.64. The van der Waals surface area contributed by atoms with Gasteiger partial charge < -0.3 is 15.5 Å². The van der Waals surface area contributed by atoms with Gasteiger partial charge in [0.05, 0.1) is 0 Å². The third-order valence-electron chi connectivity index (χ3n) is 7.96. The molecule has 0 spiro atoms. The number of benzene rings is 1. The number of allylic oxidation sites excluding steroid dienone is 1. The number of nitrogens with two attached hydrogens (primary N) is 1. The molecule has 0 aliphatic heterocycles. The fourth-order valence-electron chi connectivity index (χ4n) is 5.88. The lowest BCUT2D eigenvalue weighted by molar-refractivity contribution is 0.248. The van der Waals surface area contributed by atoms with E-state index in [1.165, 1.54) is 0 Å². The van der Waals surface area contributed by atoms with Crippen LogP contribution >= 0.6 is 0 Å². The highest BCUT2D eigenvalue weighted by Crippen LogP contribution is 2.46. The number of anilines is 3. The number of hydrogen-bond acceptors (Lipinski definition) is 8. The second kappa shape index (κ2) is 12.0. The predicted octanol–water partition coefficient (Wildman–Crippen LogP) is 4.75. The van der Waals surface area contributed by atoms with Crippen molar-refractivity contribution in [2.75, 3.05) is 35.2 Å². The maximum Gasteiger partial charge on any atom is 0.231 e. The van der Waals surface area contributed by atoms with Gasteiger partial charge in [-0.2, -0.15) is 15.0 Å². The Morgan fingerprint density at radius 3 is 2.34 bits per heavy atom. The summed E-state index contributed by atoms with van der Waals surface area (Å²) in [5.41, 5.74) is 1.80. The van der Waals surface area contributed by atoms with E-state index in [1.807, 2.05) is 36.4 Å². The highest BCUT2D eigenvalue weighted by molar-refractivity contribution is 7.90. The van der Waals surface area contributed by atoms with Crippen LogP contribution in [0.5, 0.6) is 0 Å². The van der Waals surface area contributed by atoms with Gasteiger partial charge in [0.2, 0.25) is 27.9 Å². The van der Waals surface area contributed by atoms with Gasteiger partial charge in [0, 0.05) is 25.7 Å². The molecular formula is C28H43N7O2S. The van der Waals surface area contributed by atoms with Gasteiger partial charge in [-0.15, -0.1) is 0 Å². The number of nitrogens with one attached hydrogen (secondary N) is 2. The average Bonchev–Trinajstić information content (AvgIpc) is 2.88. The zero-order valence-corrected chi connectivity index (χ0v) is 24.0. The first-order valence-electron chi connectivity index (χ1n) is 13.9. The van der Waals surface area contributed by atoms with Crippen LogP contribution in [-0.4, -0.2) is 49.0 Å². The third kappa shape index (κ3) is 6.29. The van der Waals surface area contributed by atoms with E-state index in [0.717, 1.165) is 56.4 Å². The van der Waals surface area contributed by atoms with Gasteiger partial charge in [-0.1, -0.05) is 49.3 Å². The van der Waals surface area contributed by atoms with Gasteiger partial charge in [0.15, 0.2) is 0 Å². The van der Waals surface area contributed by atoms with E-state index in [9.17, 15) is 8.42 Å². The highest BCUT2D eigenvalue weighted by Gasteiger charge is 2.46. The summed E-state index contributed by atoms with van der Waals surface area (Å²) in [5, 5.41) is 12.7. The molecule has 1 atom stereocenters. The van der Waals surface area contributed by atoms with Crippen molar-refractivity contribution in [3.63, 3.8) is 0 Å². The number of primary sulfonamides is 1. The monoisotopic (exact) mass is 541 g/mol. The van der Waals surface area contributed by atoms with Crippen LogP contribution in [0.3, 0.4) is 0 Å². The first kappa shape index (κ1) is 28.3. The van der Waals surface area contributed by atoms with E-state index < -0.39 is 14.8 Å². The molecule has 9 nitrogen and oxygen atoms in total. The minimum atomic E-state index is -3.78. The number of rotatable bonds is 11. The Morgan fingerprint density at radius 1 is 1.03 bits per heavy atom. The molecule has 1 aromatic carbocycles. The summed E-state index contributed by atoms with van der Waals surface area (Å²) >= 11 is 0. The number of aromatic nitrogens is 3. The second-order valence-electron chi connectivity index (χ2n) is 11.0. The van der Waals surface area contributed by atoms with E-state index >= 15 is 0 Å². The molecular weight excluding hydrogens is 498 g/mol. The molecule has 1 saturated carbocycles. The van der Waals surface area contributed by atoms with E-state index in [2.05, 4.69) is 58.2 Å². The summed E-state index contributed by atoms with van der Waals surface area (Å²) < 4.78 is 24.9. The maximum absolute atomic E-state index is 13.0. The Bertz CT molecular complexity index is 1220. The molecule has 0 radical (unpaired) electrons. The van der Waals surface area contributed by atoms with Crippen molar-refractivity contribution in [1.29, 1.82) is 0 Å². The van der Waals surface area contributed by atoms with E-state index in [-0.39, 0.29) is 6.04 Å². The zero-order chi connectivity index (χ0) is 27.3. The zero-order valence-electron chi connectivity index (χ0n) is 23.2. The minimum Gasteiger partial charge on any atom is -0.354 e. The number of sulfonamides is 1. The Hall–Kier alpha value is -2.72. The van der Waals surface area contributed by atoms with Crippen molar-refractivity contribution in [3.8, 4) is 0 Å². The normalized spacial score (nSPS) is 23.2. The molecule has 208 valence electrons. The summed E-state index contributed by atoms with van der Waals surface area (Å²) in [6.07, 6.45) is 9.00. The third-order valence-corrected chi connectivity index (χ3v) is 9.61. The van der Waals surface area contributed by atoms with Crippen LogP contribution in [0.4, 0.5) is 17.8 Å². The average molecular weight is 542 g/mol. The summed E-state index contributed by atoms with van der Waals surface area (Å²) in [4.78, 5) is 16.0. The summed E-state index contributed by atoms with van der Waals surface area (Å²) in [7, 11) is -3.78. The SMILES string of the molecule is CCN(CC)c1nc(NCC2CCC(CC3(S(N)(=O)=O)CC=Cc4ccccc43)CC2)nc(NC(C)C)n1. The number of fused-ring (bicyclic) bond motifs is 1. The lowest BCUT2D eigenvalue weighted by Gasteiger charge is -2.39. The molecule has 0 amide bonds. The molecule has 0 bridgehead atoms. The molecule has 4 rings (SSSR count). The molecule has 38 heavy (non-hydrogen) atoms. The van der Waals surface area contributed by atoms with Crippen LogP contribution in [0, 0.1) is 11.8 Å². The van der Waals surface area contributed by atoms with Gasteiger partial charge in [0.25, 0.3) is 0 Å². The Kier molecular flexibility index (Phi) is 8.92. The molecule has 10 heteroatoms. The summed E-state index contributed by atoms with van der Waals surface area (Å²) in [6.45, 7) is 10.7. The van der Waals surface area contributed by atoms with Crippen LogP contribution in [0.15, 0.2) is 30.3 Å². The van der Waals surface area contributed by atoms with Crippen LogP contribution in [0.25, 0.3) is 6.08 Å². The van der Waals surface area contributed by atoms with Crippen molar-refractivity contribution in [1.82, 2.24) is 15.0 Å². The van der Waals surface area contributed by atoms with Gasteiger partial charge in [0.1, 0.15) is 4.75 Å². The number of hydrogen-bond donors (Lipinski definition) is 3. The van der Waals surface area contributed by atoms with Crippen molar-refractivity contribution in [2.24, 2.45) is 17.0 Å². The molecule has 0 saturated heterocycles. The fraction of sp³-hybridized carbons (Fsp3) is 0.607. The van der Waals surface area contributed by atoms with Crippen LogP contribution < -0.4 is 20.7 Å². The number of nitrogens with zero attached hydrogens (tertiary/aromatic N) is 4. The molecule has 2 aliphatic carbocycles. The van der Waals surface area contributed by atoms with Gasteiger partial charge in [-0.3, -0.25) is 0 Å². The second-order valence-corrected chi connectivity index (χ2v) is 12.8. The summed E-state index contributed by atoms with van der Waals surface area (Å²) in [6, 6.07) is 7.98. The van der Waals surface area contributed by atoms with Crippen LogP contribution in [-0.2, 0) is 14.8 Å². The van der Waals surface area contributed by atoms with Crippen LogP contribution in [0.2, 0.25) is 0 Å². The maximum atomic E-state index is 13.0. The van der Waals surface area contributed by atoms with E-state index in [4.69, 9.17) is 5.14 Å². The lowest BCUT2D eigenvalue weighted by Crippen LogP contribution is -2.44. The van der Waals surface area contributed by atoms with Crippen molar-refractivity contribution in [2.45, 2.75) is 77.0 Å². The Balaban J connectivity index is 1.40. The standard InChI is InChI=1S/C28H43N7O2S/c1-5-35(6-2)27-33-25(32-26(34-27)31-20(3)4)30-19-22-15-13-21(14-16-22)18-28(38(29,36)37)17-9-11-23-10-7-8-12-24(23)28/h7-12,20-22H,5-6,13-19H2,1-4H3,(H2,29,36,37)(H2,30,31,32,33,34). The predicted molar refractivity (Wildman–Crippen MR) is 156 cm³/mol. The highest BCUT2D eigenvalue weighted by atomic mass is 32.2. The van der Waals surface area contributed by atoms with Crippen molar-refractivity contribution >= 4 is 33.9 Å². The molecule has 1 heterocycles. The molecule has 2 aromatic rings. The molecule has 4 N–H and O–H groups in total. The minimum absolute atomic E-state index is 0.220. The Morgan fingerprint density at radius 2 is 1.68 bits per heavy atom. The molecule has 2 aliphatic rings. The van der Waals surface area contributed by atoms with Crippen molar-refractivity contribution in [3.05, 3.63) is 41.5 Å². The largest absolute Gasteiger partial charge is 0.354 e. The quantitative estimate of drug-likeness (QED) is 0.372. The Labute approximate surface area is 227 Å². The van der Waals surface area contributed by atoms with E-state index in [0.29, 0.717) is 42.5 Å². The first-order valence-corrected chi connectivity index (χ1v) is 15.5. The topological polar surface area (TPSA) is 126 Å². The van der Waals surface area contributed by atoms with Crippen molar-refractivity contribution < 1.29 is 8.42 Å². The van der Waals surface area contributed by atoms with Gasteiger partial charge in [-0.25, -0.2) is 13.6 Å². The molecule has 1 unspecified atom stereocenters. The van der Waals surface area contributed by atoms with Gasteiger partial charge in [-0.05, 0) is 76.3 Å². The molecule has 1 aromatic heterocycles. The fourth-order valence-corrected chi connectivity index (χ4v) is 7.17.